The van der Waals surface area contributed by atoms with Gasteiger partial charge < -0.3 is 14.8 Å². The van der Waals surface area contributed by atoms with E-state index in [0.29, 0.717) is 27.8 Å². The molecule has 1 amide bonds. The van der Waals surface area contributed by atoms with Crippen LogP contribution < -0.4 is 14.8 Å². The van der Waals surface area contributed by atoms with Crippen molar-refractivity contribution in [1.29, 1.82) is 0 Å². The van der Waals surface area contributed by atoms with Crippen LogP contribution >= 0.6 is 34.2 Å². The molecule has 1 N–H and O–H groups in total. The van der Waals surface area contributed by atoms with Crippen LogP contribution in [0, 0.1) is 3.57 Å². The topological polar surface area (TPSA) is 47.6 Å². The van der Waals surface area contributed by atoms with Crippen LogP contribution in [0.3, 0.4) is 0 Å². The number of hydrogen-bond donors (Lipinski definition) is 1. The summed E-state index contributed by atoms with van der Waals surface area (Å²) in [5.41, 5.74) is 1.19. The molecule has 0 spiro atoms. The summed E-state index contributed by atoms with van der Waals surface area (Å²) in [5, 5.41) is 3.35. The minimum absolute atomic E-state index is 0.207. The molecular weight excluding hydrogens is 393 g/mol. The van der Waals surface area contributed by atoms with Gasteiger partial charge in [-0.1, -0.05) is 11.6 Å². The van der Waals surface area contributed by atoms with E-state index in [1.54, 1.807) is 36.4 Å². The molecule has 102 valence electrons. The second-order valence-electron chi connectivity index (χ2n) is 4.15. The van der Waals surface area contributed by atoms with Crippen molar-refractivity contribution in [3.05, 3.63) is 50.6 Å². The Kier molecular flexibility index (Phi) is 3.71. The summed E-state index contributed by atoms with van der Waals surface area (Å²) in [6, 6.07) is 10.5. The van der Waals surface area contributed by atoms with E-state index in [2.05, 4.69) is 27.9 Å². The van der Waals surface area contributed by atoms with Crippen LogP contribution in [0.2, 0.25) is 5.02 Å². The monoisotopic (exact) mass is 401 g/mol. The number of carbonyl (C=O) groups is 1. The molecule has 0 unspecified atom stereocenters. The number of fused-ring (bicyclic) bond motifs is 1. The Morgan fingerprint density at radius 3 is 2.80 bits per heavy atom. The molecule has 0 fully saturated rings. The molecule has 0 saturated heterocycles. The van der Waals surface area contributed by atoms with Gasteiger partial charge in [0.25, 0.3) is 5.91 Å². The highest BCUT2D eigenvalue weighted by atomic mass is 127. The van der Waals surface area contributed by atoms with Crippen LogP contribution in [0.1, 0.15) is 10.4 Å². The fourth-order valence-corrected chi connectivity index (χ4v) is 2.60. The molecule has 2 aromatic rings. The minimum atomic E-state index is -0.212. The molecular formula is C14H9ClINO3. The smallest absolute Gasteiger partial charge is 0.256 e. The van der Waals surface area contributed by atoms with Gasteiger partial charge in [0.1, 0.15) is 0 Å². The molecule has 1 aliphatic rings. The minimum Gasteiger partial charge on any atom is -0.454 e. The SMILES string of the molecule is O=C(Nc1ccc2c(c1)OCO2)c1cc(Cl)ccc1I. The van der Waals surface area contributed by atoms with Crippen molar-refractivity contribution in [1.82, 2.24) is 0 Å². The average molecular weight is 402 g/mol. The van der Waals surface area contributed by atoms with Crippen molar-refractivity contribution >= 4 is 45.8 Å². The highest BCUT2D eigenvalue weighted by molar-refractivity contribution is 14.1. The predicted molar refractivity (Wildman–Crippen MR) is 84.7 cm³/mol. The van der Waals surface area contributed by atoms with E-state index in [1.165, 1.54) is 0 Å². The van der Waals surface area contributed by atoms with Gasteiger partial charge in [-0.05, 0) is 52.9 Å². The van der Waals surface area contributed by atoms with Gasteiger partial charge in [0.05, 0.1) is 5.56 Å². The first-order chi connectivity index (χ1) is 9.63. The molecule has 0 atom stereocenters. The van der Waals surface area contributed by atoms with Gasteiger partial charge in [0.15, 0.2) is 11.5 Å². The summed E-state index contributed by atoms with van der Waals surface area (Å²) >= 11 is 8.02. The molecule has 0 aromatic heterocycles. The Labute approximate surface area is 134 Å². The van der Waals surface area contributed by atoms with Crippen molar-refractivity contribution in [3.63, 3.8) is 0 Å². The van der Waals surface area contributed by atoms with Crippen molar-refractivity contribution in [2.24, 2.45) is 0 Å². The van der Waals surface area contributed by atoms with Gasteiger partial charge in [-0.2, -0.15) is 0 Å². The molecule has 1 heterocycles. The maximum Gasteiger partial charge on any atom is 0.256 e. The zero-order valence-corrected chi connectivity index (χ0v) is 13.1. The van der Waals surface area contributed by atoms with E-state index >= 15 is 0 Å². The molecule has 2 aromatic carbocycles. The third-order valence-corrected chi connectivity index (χ3v) is 3.98. The summed E-state index contributed by atoms with van der Waals surface area (Å²) in [6.07, 6.45) is 0. The van der Waals surface area contributed by atoms with E-state index < -0.39 is 0 Å². The lowest BCUT2D eigenvalue weighted by Crippen LogP contribution is -2.13. The largest absolute Gasteiger partial charge is 0.454 e. The van der Waals surface area contributed by atoms with Crippen LogP contribution in [0.4, 0.5) is 5.69 Å². The number of benzene rings is 2. The summed E-state index contributed by atoms with van der Waals surface area (Å²) in [4.78, 5) is 12.2. The van der Waals surface area contributed by atoms with Crippen molar-refractivity contribution in [2.45, 2.75) is 0 Å². The van der Waals surface area contributed by atoms with E-state index in [4.69, 9.17) is 21.1 Å². The van der Waals surface area contributed by atoms with E-state index in [-0.39, 0.29) is 12.7 Å². The Morgan fingerprint density at radius 1 is 1.15 bits per heavy atom. The van der Waals surface area contributed by atoms with Gasteiger partial charge in [0.2, 0.25) is 6.79 Å². The van der Waals surface area contributed by atoms with Crippen molar-refractivity contribution in [2.75, 3.05) is 12.1 Å². The first kappa shape index (κ1) is 13.5. The summed E-state index contributed by atoms with van der Waals surface area (Å²) in [7, 11) is 0. The standard InChI is InChI=1S/C14H9ClINO3/c15-8-1-3-11(16)10(5-8)14(18)17-9-2-4-12-13(6-9)20-7-19-12/h1-6H,7H2,(H,17,18). The quantitative estimate of drug-likeness (QED) is 0.776. The maximum atomic E-state index is 12.2. The van der Waals surface area contributed by atoms with Gasteiger partial charge >= 0.3 is 0 Å². The Balaban J connectivity index is 1.84. The highest BCUT2D eigenvalue weighted by Crippen LogP contribution is 2.34. The van der Waals surface area contributed by atoms with Gasteiger partial charge in [-0.15, -0.1) is 0 Å². The predicted octanol–water partition coefficient (Wildman–Crippen LogP) is 3.93. The third-order valence-electron chi connectivity index (χ3n) is 2.80. The number of halogens is 2. The Bertz CT molecular complexity index is 690. The number of carbonyl (C=O) groups excluding carboxylic acids is 1. The fraction of sp³-hybridized carbons (Fsp3) is 0.0714. The lowest BCUT2D eigenvalue weighted by atomic mass is 10.2. The Morgan fingerprint density at radius 2 is 1.95 bits per heavy atom. The number of anilines is 1. The summed E-state index contributed by atoms with van der Waals surface area (Å²) in [5.74, 6) is 1.10. The second-order valence-corrected chi connectivity index (χ2v) is 5.74. The number of ether oxygens (including phenoxy) is 2. The first-order valence-corrected chi connectivity index (χ1v) is 7.25. The Hall–Kier alpha value is -1.47. The number of hydrogen-bond acceptors (Lipinski definition) is 3. The third kappa shape index (κ3) is 2.69. The van der Waals surface area contributed by atoms with Crippen molar-refractivity contribution in [3.8, 4) is 11.5 Å². The normalized spacial score (nSPS) is 12.3. The number of amides is 1. The molecule has 3 rings (SSSR count). The first-order valence-electron chi connectivity index (χ1n) is 5.79. The zero-order chi connectivity index (χ0) is 14.1. The van der Waals surface area contributed by atoms with E-state index in [9.17, 15) is 4.79 Å². The molecule has 0 aliphatic carbocycles. The molecule has 0 radical (unpaired) electrons. The molecule has 0 saturated carbocycles. The van der Waals surface area contributed by atoms with Crippen molar-refractivity contribution < 1.29 is 14.3 Å². The average Bonchev–Trinajstić information content (AvgIpc) is 2.89. The molecule has 1 aliphatic heterocycles. The zero-order valence-electron chi connectivity index (χ0n) is 10.2. The molecule has 0 bridgehead atoms. The van der Waals surface area contributed by atoms with Crippen LogP contribution in [0.15, 0.2) is 36.4 Å². The van der Waals surface area contributed by atoms with E-state index in [1.807, 2.05) is 0 Å². The van der Waals surface area contributed by atoms with Gasteiger partial charge in [0, 0.05) is 20.3 Å². The molecule has 4 nitrogen and oxygen atoms in total. The number of nitrogens with one attached hydrogen (secondary N) is 1. The van der Waals surface area contributed by atoms with Gasteiger partial charge in [-0.25, -0.2) is 0 Å². The number of rotatable bonds is 2. The molecule has 6 heteroatoms. The summed E-state index contributed by atoms with van der Waals surface area (Å²) < 4.78 is 11.3. The fourth-order valence-electron chi connectivity index (χ4n) is 1.84. The lowest BCUT2D eigenvalue weighted by molar-refractivity contribution is 0.102. The maximum absolute atomic E-state index is 12.2. The van der Waals surface area contributed by atoms with Crippen LogP contribution in [-0.4, -0.2) is 12.7 Å². The van der Waals surface area contributed by atoms with Crippen LogP contribution in [0.25, 0.3) is 0 Å². The molecule has 20 heavy (non-hydrogen) atoms. The summed E-state index contributed by atoms with van der Waals surface area (Å²) in [6.45, 7) is 0.207. The van der Waals surface area contributed by atoms with Crippen LogP contribution in [-0.2, 0) is 0 Å². The second kappa shape index (κ2) is 5.49. The van der Waals surface area contributed by atoms with Crippen LogP contribution in [0.5, 0.6) is 11.5 Å². The van der Waals surface area contributed by atoms with E-state index in [0.717, 1.165) is 3.57 Å². The van der Waals surface area contributed by atoms with Gasteiger partial charge in [-0.3, -0.25) is 4.79 Å². The lowest BCUT2D eigenvalue weighted by Gasteiger charge is -2.08. The highest BCUT2D eigenvalue weighted by Gasteiger charge is 2.15.